The number of furan rings is 1. The number of carbonyl (C=O) groups is 1. The average molecular weight is 408 g/mol. The number of nitrogen functional groups attached to an aromatic ring is 1. The van der Waals surface area contributed by atoms with Crippen molar-refractivity contribution in [1.82, 2.24) is 4.98 Å². The van der Waals surface area contributed by atoms with E-state index in [0.29, 0.717) is 45.1 Å². The van der Waals surface area contributed by atoms with Crippen LogP contribution in [0.2, 0.25) is 0 Å². The number of hydrogen-bond donors (Lipinski definition) is 2. The number of anilines is 1. The molecule has 0 amide bonds. The minimum Gasteiger partial charge on any atom is -0.478 e. The quantitative estimate of drug-likeness (QED) is 0.643. The molecule has 0 radical (unpaired) electrons. The molecule has 1 aromatic carbocycles. The van der Waals surface area contributed by atoms with E-state index in [2.05, 4.69) is 17.1 Å². The highest BCUT2D eigenvalue weighted by atomic mass is 16.4. The first kappa shape index (κ1) is 19.7. The highest BCUT2D eigenvalue weighted by molar-refractivity contribution is 6.08. The third-order valence-electron chi connectivity index (χ3n) is 5.29. The van der Waals surface area contributed by atoms with E-state index in [0.717, 1.165) is 5.57 Å². The number of nitrogens with zero attached hydrogens (tertiary/aromatic N) is 3. The van der Waals surface area contributed by atoms with Gasteiger partial charge in [-0.25, -0.2) is 9.78 Å². The topological polar surface area (TPSA) is 137 Å². The van der Waals surface area contributed by atoms with Gasteiger partial charge >= 0.3 is 5.97 Å². The fourth-order valence-electron chi connectivity index (χ4n) is 3.73. The summed E-state index contributed by atoms with van der Waals surface area (Å²) in [5.74, 6) is 0.114. The van der Waals surface area contributed by atoms with Crippen molar-refractivity contribution in [3.8, 4) is 23.5 Å². The lowest BCUT2D eigenvalue weighted by atomic mass is 9.96. The predicted molar refractivity (Wildman–Crippen MR) is 115 cm³/mol. The van der Waals surface area contributed by atoms with Crippen LogP contribution in [0.1, 0.15) is 45.4 Å². The third kappa shape index (κ3) is 3.15. The number of carboxylic acids is 1. The van der Waals surface area contributed by atoms with Crippen molar-refractivity contribution in [2.75, 3.05) is 5.73 Å². The maximum atomic E-state index is 11.2. The minimum atomic E-state index is -1.02. The molecule has 0 fully saturated rings. The number of aromatic nitrogens is 1. The van der Waals surface area contributed by atoms with Crippen LogP contribution in [0.5, 0.6) is 0 Å². The summed E-state index contributed by atoms with van der Waals surface area (Å²) in [6.07, 6.45) is 1.79. The molecule has 7 heteroatoms. The van der Waals surface area contributed by atoms with Crippen molar-refractivity contribution in [1.29, 1.82) is 10.5 Å². The Balaban J connectivity index is 1.84. The Labute approximate surface area is 178 Å². The molecule has 4 rings (SSSR count). The molecule has 1 aliphatic rings. The second-order valence-electron chi connectivity index (χ2n) is 7.09. The van der Waals surface area contributed by atoms with Gasteiger partial charge in [-0.1, -0.05) is 12.1 Å². The smallest absolute Gasteiger partial charge is 0.335 e. The molecular formula is C24H16N4O3. The Morgan fingerprint density at radius 1 is 1.19 bits per heavy atom. The Kier molecular flexibility index (Phi) is 4.65. The van der Waals surface area contributed by atoms with Crippen LogP contribution in [0.25, 0.3) is 28.5 Å². The van der Waals surface area contributed by atoms with Gasteiger partial charge in [-0.05, 0) is 60.9 Å². The number of nitriles is 2. The van der Waals surface area contributed by atoms with Gasteiger partial charge in [-0.2, -0.15) is 10.5 Å². The fraction of sp³-hybridized carbons (Fsp3) is 0.0833. The molecular weight excluding hydrogens is 392 g/mol. The lowest BCUT2D eigenvalue weighted by Crippen LogP contribution is -2.03. The molecule has 3 N–H and O–H groups in total. The number of rotatable bonds is 3. The van der Waals surface area contributed by atoms with Gasteiger partial charge in [0.15, 0.2) is 0 Å². The Bertz CT molecular complexity index is 1410. The van der Waals surface area contributed by atoms with E-state index in [9.17, 15) is 20.4 Å². The normalized spacial score (nSPS) is 13.7. The molecule has 150 valence electrons. The molecule has 2 heterocycles. The third-order valence-corrected chi connectivity index (χ3v) is 5.29. The van der Waals surface area contributed by atoms with Crippen molar-refractivity contribution in [2.45, 2.75) is 13.8 Å². The van der Waals surface area contributed by atoms with Crippen molar-refractivity contribution >= 4 is 29.0 Å². The van der Waals surface area contributed by atoms with Gasteiger partial charge < -0.3 is 15.3 Å². The second kappa shape index (κ2) is 7.33. The van der Waals surface area contributed by atoms with Gasteiger partial charge in [0.2, 0.25) is 0 Å². The SMILES string of the molecule is CC1=C(C#N)c2nc(N)c(C#N)c(C)c2C1=Cc1ccc(-c2cccc(C(=O)O)c2)o1. The molecule has 7 nitrogen and oxygen atoms in total. The number of carboxylic acid groups (broad SMARTS) is 1. The molecule has 31 heavy (non-hydrogen) atoms. The average Bonchev–Trinajstić information content (AvgIpc) is 3.31. The highest BCUT2D eigenvalue weighted by Gasteiger charge is 2.29. The Morgan fingerprint density at radius 2 is 1.97 bits per heavy atom. The first-order valence-corrected chi connectivity index (χ1v) is 9.33. The van der Waals surface area contributed by atoms with Crippen molar-refractivity contribution < 1.29 is 14.3 Å². The lowest BCUT2D eigenvalue weighted by Gasteiger charge is -2.10. The van der Waals surface area contributed by atoms with E-state index in [1.165, 1.54) is 12.1 Å². The van der Waals surface area contributed by atoms with Crippen molar-refractivity contribution in [3.05, 3.63) is 75.7 Å². The zero-order valence-corrected chi connectivity index (χ0v) is 16.7. The fourth-order valence-corrected chi connectivity index (χ4v) is 3.73. The van der Waals surface area contributed by atoms with Gasteiger partial charge in [0, 0.05) is 11.1 Å². The summed E-state index contributed by atoms with van der Waals surface area (Å²) in [7, 11) is 0. The number of pyridine rings is 1. The first-order chi connectivity index (χ1) is 14.8. The van der Waals surface area contributed by atoms with Crippen LogP contribution in [-0.2, 0) is 0 Å². The van der Waals surface area contributed by atoms with Crippen LogP contribution in [0.15, 0.2) is 46.4 Å². The summed E-state index contributed by atoms with van der Waals surface area (Å²) in [4.78, 5) is 15.5. The predicted octanol–water partition coefficient (Wildman–Crippen LogP) is 4.65. The number of aromatic carboxylic acids is 1. The van der Waals surface area contributed by atoms with Gasteiger partial charge in [-0.3, -0.25) is 0 Å². The van der Waals surface area contributed by atoms with Crippen molar-refractivity contribution in [3.63, 3.8) is 0 Å². The van der Waals surface area contributed by atoms with Crippen LogP contribution in [-0.4, -0.2) is 16.1 Å². The molecule has 0 spiro atoms. The number of hydrogen-bond acceptors (Lipinski definition) is 6. The highest BCUT2D eigenvalue weighted by Crippen LogP contribution is 2.44. The van der Waals surface area contributed by atoms with Gasteiger partial charge in [0.1, 0.15) is 29.5 Å². The van der Waals surface area contributed by atoms with Gasteiger partial charge in [-0.15, -0.1) is 0 Å². The Hall–Kier alpha value is -4.62. The maximum absolute atomic E-state index is 11.2. The number of allylic oxidation sites excluding steroid dienone is 3. The van der Waals surface area contributed by atoms with E-state index < -0.39 is 5.97 Å². The molecule has 0 unspecified atom stereocenters. The van der Waals surface area contributed by atoms with Gasteiger partial charge in [0.25, 0.3) is 0 Å². The number of fused-ring (bicyclic) bond motifs is 1. The molecule has 0 aliphatic heterocycles. The summed E-state index contributed by atoms with van der Waals surface area (Å²) in [5.41, 5.74) is 10.7. The molecule has 0 bridgehead atoms. The van der Waals surface area contributed by atoms with Crippen molar-refractivity contribution in [2.24, 2.45) is 0 Å². The van der Waals surface area contributed by atoms with E-state index in [1.807, 2.05) is 6.92 Å². The molecule has 3 aromatic rings. The van der Waals surface area contributed by atoms with E-state index in [-0.39, 0.29) is 16.9 Å². The standard InChI is InChI=1S/C24H16N4O3/c1-12-17(21-13(2)19(11-26)23(27)28-22(21)18(12)10-25)9-16-6-7-20(31-16)14-4-3-5-15(8-14)24(29)30/h3-9H,1-2H3,(H2,27,28)(H,29,30). The first-order valence-electron chi connectivity index (χ1n) is 9.33. The minimum absolute atomic E-state index is 0.0964. The second-order valence-corrected chi connectivity index (χ2v) is 7.09. The largest absolute Gasteiger partial charge is 0.478 e. The summed E-state index contributed by atoms with van der Waals surface area (Å²) in [6, 6.07) is 14.2. The molecule has 1 aliphatic carbocycles. The van der Waals surface area contributed by atoms with E-state index >= 15 is 0 Å². The van der Waals surface area contributed by atoms with Crippen LogP contribution in [0, 0.1) is 29.6 Å². The van der Waals surface area contributed by atoms with Crippen LogP contribution in [0.4, 0.5) is 5.82 Å². The summed E-state index contributed by atoms with van der Waals surface area (Å²) < 4.78 is 5.93. The van der Waals surface area contributed by atoms with Gasteiger partial charge in [0.05, 0.1) is 22.4 Å². The molecule has 0 saturated carbocycles. The summed E-state index contributed by atoms with van der Waals surface area (Å²) in [5, 5.41) is 28.3. The zero-order chi connectivity index (χ0) is 22.3. The monoisotopic (exact) mass is 408 g/mol. The summed E-state index contributed by atoms with van der Waals surface area (Å²) >= 11 is 0. The molecule has 0 atom stereocenters. The zero-order valence-electron chi connectivity index (χ0n) is 16.7. The number of nitrogens with two attached hydrogens (primary N) is 1. The maximum Gasteiger partial charge on any atom is 0.335 e. The molecule has 2 aromatic heterocycles. The van der Waals surface area contributed by atoms with Crippen LogP contribution >= 0.6 is 0 Å². The van der Waals surface area contributed by atoms with E-state index in [4.69, 9.17) is 10.2 Å². The van der Waals surface area contributed by atoms with Crippen LogP contribution in [0.3, 0.4) is 0 Å². The summed E-state index contributed by atoms with van der Waals surface area (Å²) in [6.45, 7) is 3.59. The Morgan fingerprint density at radius 3 is 2.65 bits per heavy atom. The molecule has 0 saturated heterocycles. The van der Waals surface area contributed by atoms with Crippen LogP contribution < -0.4 is 5.73 Å². The van der Waals surface area contributed by atoms with E-state index in [1.54, 1.807) is 37.3 Å². The number of benzene rings is 1. The lowest BCUT2D eigenvalue weighted by molar-refractivity contribution is 0.0697.